The molecule has 1 aliphatic rings. The van der Waals surface area contributed by atoms with Gasteiger partial charge in [0.2, 0.25) is 0 Å². The summed E-state index contributed by atoms with van der Waals surface area (Å²) in [6.45, 7) is 6.15. The number of esters is 1. The third-order valence-corrected chi connectivity index (χ3v) is 6.53. The van der Waals surface area contributed by atoms with Gasteiger partial charge in [-0.15, -0.1) is 11.3 Å². The first-order chi connectivity index (χ1) is 14.0. The molecule has 29 heavy (non-hydrogen) atoms. The molecule has 6 heteroatoms. The van der Waals surface area contributed by atoms with Crippen LogP contribution in [0.3, 0.4) is 0 Å². The van der Waals surface area contributed by atoms with Gasteiger partial charge in [-0.2, -0.15) is 0 Å². The number of benzene rings is 1. The third kappa shape index (κ3) is 5.25. The van der Waals surface area contributed by atoms with Crippen LogP contribution in [-0.2, 0) is 22.5 Å². The molecule has 0 bridgehead atoms. The van der Waals surface area contributed by atoms with Crippen molar-refractivity contribution in [2.24, 2.45) is 5.41 Å². The maximum absolute atomic E-state index is 13.0. The van der Waals surface area contributed by atoms with E-state index in [1.54, 1.807) is 14.0 Å². The van der Waals surface area contributed by atoms with Gasteiger partial charge in [0.15, 0.2) is 5.78 Å². The van der Waals surface area contributed by atoms with Crippen molar-refractivity contribution in [3.63, 3.8) is 0 Å². The number of piperidine rings is 1. The third-order valence-electron chi connectivity index (χ3n) is 5.45. The van der Waals surface area contributed by atoms with E-state index >= 15 is 0 Å². The van der Waals surface area contributed by atoms with Gasteiger partial charge in [0.25, 0.3) is 0 Å². The van der Waals surface area contributed by atoms with E-state index in [9.17, 15) is 9.59 Å². The summed E-state index contributed by atoms with van der Waals surface area (Å²) in [4.78, 5) is 27.7. The number of hydrogen-bond donors (Lipinski definition) is 0. The molecule has 0 amide bonds. The Labute approximate surface area is 176 Å². The van der Waals surface area contributed by atoms with Crippen molar-refractivity contribution < 1.29 is 19.1 Å². The first-order valence-electron chi connectivity index (χ1n) is 10.1. The monoisotopic (exact) mass is 415 g/mol. The van der Waals surface area contributed by atoms with Gasteiger partial charge in [0.1, 0.15) is 5.75 Å². The van der Waals surface area contributed by atoms with Gasteiger partial charge in [-0.1, -0.05) is 12.1 Å². The number of nitrogens with zero attached hydrogens (tertiary/aromatic N) is 1. The van der Waals surface area contributed by atoms with Crippen LogP contribution >= 0.6 is 11.3 Å². The van der Waals surface area contributed by atoms with Crippen LogP contribution in [0.2, 0.25) is 0 Å². The maximum Gasteiger partial charge on any atom is 0.313 e. The first kappa shape index (κ1) is 21.5. The van der Waals surface area contributed by atoms with E-state index in [1.165, 1.54) is 11.3 Å². The van der Waals surface area contributed by atoms with Crippen molar-refractivity contribution in [3.05, 3.63) is 51.7 Å². The molecule has 1 saturated heterocycles. The molecule has 0 saturated carbocycles. The number of rotatable bonds is 8. The van der Waals surface area contributed by atoms with Crippen LogP contribution in [0, 0.1) is 5.41 Å². The Hall–Kier alpha value is -2.18. The molecule has 156 valence electrons. The molecule has 0 radical (unpaired) electrons. The molecule has 1 aromatic heterocycles. The van der Waals surface area contributed by atoms with E-state index in [4.69, 9.17) is 9.47 Å². The second kappa shape index (κ2) is 9.55. The predicted molar refractivity (Wildman–Crippen MR) is 115 cm³/mol. The molecule has 5 nitrogen and oxygen atoms in total. The molecule has 1 aromatic carbocycles. The van der Waals surface area contributed by atoms with Gasteiger partial charge < -0.3 is 9.47 Å². The van der Waals surface area contributed by atoms with Crippen LogP contribution in [0.25, 0.3) is 0 Å². The summed E-state index contributed by atoms with van der Waals surface area (Å²) in [5.74, 6) is 0.769. The molecule has 1 atom stereocenters. The van der Waals surface area contributed by atoms with E-state index in [0.717, 1.165) is 47.7 Å². The fraction of sp³-hybridized carbons (Fsp3) is 0.478. The summed E-state index contributed by atoms with van der Waals surface area (Å²) in [5, 5.41) is 2.04. The zero-order chi connectivity index (χ0) is 20.9. The maximum atomic E-state index is 13.0. The smallest absolute Gasteiger partial charge is 0.313 e. The van der Waals surface area contributed by atoms with Crippen molar-refractivity contribution in [2.45, 2.75) is 39.7 Å². The number of carbonyl (C=O) groups is 2. The van der Waals surface area contributed by atoms with Crippen LogP contribution in [0.15, 0.2) is 35.7 Å². The van der Waals surface area contributed by atoms with Crippen molar-refractivity contribution >= 4 is 23.1 Å². The summed E-state index contributed by atoms with van der Waals surface area (Å²) in [6, 6.07) is 9.88. The van der Waals surface area contributed by atoms with Crippen molar-refractivity contribution in [1.29, 1.82) is 0 Å². The zero-order valence-electron chi connectivity index (χ0n) is 17.4. The number of methoxy groups -OCH3 is 1. The second-order valence-corrected chi connectivity index (χ2v) is 8.63. The number of thiophene rings is 1. The van der Waals surface area contributed by atoms with Crippen LogP contribution in [0.5, 0.6) is 5.75 Å². The highest BCUT2D eigenvalue weighted by Crippen LogP contribution is 2.36. The molecular formula is C23H29NO4S. The number of ether oxygens (including phenoxy) is 2. The molecule has 0 aliphatic carbocycles. The van der Waals surface area contributed by atoms with Gasteiger partial charge in [-0.05, 0) is 74.4 Å². The van der Waals surface area contributed by atoms with E-state index in [-0.39, 0.29) is 11.8 Å². The van der Waals surface area contributed by atoms with Gasteiger partial charge in [-0.25, -0.2) is 0 Å². The van der Waals surface area contributed by atoms with E-state index in [1.807, 2.05) is 42.6 Å². The van der Waals surface area contributed by atoms with Crippen molar-refractivity contribution in [3.8, 4) is 5.75 Å². The Kier molecular flexibility index (Phi) is 7.09. The molecule has 1 fully saturated rings. The molecule has 2 heterocycles. The number of Topliss-reactive ketones (excluding diaryl/α,β-unsaturated/α-hetero) is 1. The number of hydrogen-bond acceptors (Lipinski definition) is 6. The second-order valence-electron chi connectivity index (χ2n) is 7.72. The average molecular weight is 416 g/mol. The standard InChI is InChI=1S/C23H29NO4S/c1-4-28-22(26)23(13-18-7-5-8-20(11-18)27-3)9-6-10-24(16-23)14-19-12-21(17(2)25)29-15-19/h5,7-8,11-12,15H,4,6,9-10,13-14,16H2,1-3H3/t23-/m0/s1. The Balaban J connectivity index is 1.80. The molecule has 1 aliphatic heterocycles. The summed E-state index contributed by atoms with van der Waals surface area (Å²) in [7, 11) is 1.65. The summed E-state index contributed by atoms with van der Waals surface area (Å²) in [6.07, 6.45) is 2.37. The number of carbonyl (C=O) groups excluding carboxylic acids is 2. The Morgan fingerprint density at radius 1 is 1.24 bits per heavy atom. The minimum atomic E-state index is -0.569. The molecule has 0 unspecified atom stereocenters. The van der Waals surface area contributed by atoms with Gasteiger partial charge in [-0.3, -0.25) is 14.5 Å². The lowest BCUT2D eigenvalue weighted by molar-refractivity contribution is -0.159. The highest BCUT2D eigenvalue weighted by atomic mass is 32.1. The molecule has 3 rings (SSSR count). The Morgan fingerprint density at radius 3 is 2.76 bits per heavy atom. The highest BCUT2D eigenvalue weighted by molar-refractivity contribution is 7.12. The Morgan fingerprint density at radius 2 is 2.07 bits per heavy atom. The molecule has 0 spiro atoms. The predicted octanol–water partition coefficient (Wildman–Crippen LogP) is 4.35. The van der Waals surface area contributed by atoms with Gasteiger partial charge in [0, 0.05) is 13.1 Å². The Bertz CT molecular complexity index is 862. The van der Waals surface area contributed by atoms with Gasteiger partial charge in [0.05, 0.1) is 24.0 Å². The lowest BCUT2D eigenvalue weighted by Crippen LogP contribution is -2.49. The molecular weight excluding hydrogens is 386 g/mol. The van der Waals surface area contributed by atoms with E-state index in [0.29, 0.717) is 19.6 Å². The lowest BCUT2D eigenvalue weighted by Gasteiger charge is -2.41. The van der Waals surface area contributed by atoms with Crippen molar-refractivity contribution in [1.82, 2.24) is 4.90 Å². The fourth-order valence-electron chi connectivity index (χ4n) is 4.10. The number of likely N-dealkylation sites (tertiary alicyclic amines) is 1. The van der Waals surface area contributed by atoms with Gasteiger partial charge >= 0.3 is 5.97 Å². The first-order valence-corrected chi connectivity index (χ1v) is 10.9. The molecule has 2 aromatic rings. The normalized spacial score (nSPS) is 19.7. The largest absolute Gasteiger partial charge is 0.497 e. The van der Waals surface area contributed by atoms with E-state index in [2.05, 4.69) is 4.90 Å². The summed E-state index contributed by atoms with van der Waals surface area (Å²) >= 11 is 1.49. The minimum absolute atomic E-state index is 0.0961. The van der Waals surface area contributed by atoms with Crippen LogP contribution in [-0.4, -0.2) is 43.5 Å². The lowest BCUT2D eigenvalue weighted by atomic mass is 9.75. The SMILES string of the molecule is CCOC(=O)[C@]1(Cc2cccc(OC)c2)CCCN(Cc2csc(C(C)=O)c2)C1. The zero-order valence-corrected chi connectivity index (χ0v) is 18.2. The fourth-order valence-corrected chi connectivity index (χ4v) is 4.91. The summed E-state index contributed by atoms with van der Waals surface area (Å²) < 4.78 is 10.9. The number of ketones is 1. The van der Waals surface area contributed by atoms with Crippen LogP contribution in [0.4, 0.5) is 0 Å². The quantitative estimate of drug-likeness (QED) is 0.474. The van der Waals surface area contributed by atoms with E-state index < -0.39 is 5.41 Å². The highest BCUT2D eigenvalue weighted by Gasteiger charge is 2.43. The minimum Gasteiger partial charge on any atom is -0.497 e. The topological polar surface area (TPSA) is 55.8 Å². The van der Waals surface area contributed by atoms with Crippen LogP contribution in [0.1, 0.15) is 47.5 Å². The summed E-state index contributed by atoms with van der Waals surface area (Å²) in [5.41, 5.74) is 1.63. The molecule has 0 N–H and O–H groups in total. The van der Waals surface area contributed by atoms with Crippen LogP contribution < -0.4 is 4.74 Å². The average Bonchev–Trinajstić information content (AvgIpc) is 3.17. The van der Waals surface area contributed by atoms with Crippen molar-refractivity contribution in [2.75, 3.05) is 26.8 Å².